The zero-order valence-corrected chi connectivity index (χ0v) is 18.0. The summed E-state index contributed by atoms with van der Waals surface area (Å²) in [5.41, 5.74) is 2.39. The van der Waals surface area contributed by atoms with Crippen molar-refractivity contribution in [3.8, 4) is 0 Å². The highest BCUT2D eigenvalue weighted by atomic mass is 35.5. The number of carbonyl (C=O) groups is 2. The van der Waals surface area contributed by atoms with E-state index in [1.165, 1.54) is 16.9 Å². The van der Waals surface area contributed by atoms with Crippen molar-refractivity contribution in [3.63, 3.8) is 0 Å². The Morgan fingerprint density at radius 1 is 1.14 bits per heavy atom. The second-order valence-electron chi connectivity index (χ2n) is 6.96. The van der Waals surface area contributed by atoms with E-state index in [-0.39, 0.29) is 24.2 Å². The average Bonchev–Trinajstić information content (AvgIpc) is 3.16. The molecule has 2 aromatic rings. The molecule has 0 spiro atoms. The molecule has 2 N–H and O–H groups in total. The van der Waals surface area contributed by atoms with Gasteiger partial charge in [0.1, 0.15) is 5.00 Å². The first-order valence-corrected chi connectivity index (χ1v) is 10.4. The predicted molar refractivity (Wildman–Crippen MR) is 118 cm³/mol. The van der Waals surface area contributed by atoms with Gasteiger partial charge in [0.25, 0.3) is 11.8 Å². The third-order valence-electron chi connectivity index (χ3n) is 5.14. The minimum absolute atomic E-state index is 0. The van der Waals surface area contributed by atoms with Crippen LogP contribution < -0.4 is 10.6 Å². The first kappa shape index (κ1) is 22.4. The van der Waals surface area contributed by atoms with Crippen LogP contribution >= 0.6 is 23.7 Å². The lowest BCUT2D eigenvalue weighted by molar-refractivity contribution is 0.0692. The van der Waals surface area contributed by atoms with Gasteiger partial charge in [0.2, 0.25) is 0 Å². The zero-order chi connectivity index (χ0) is 19.2. The quantitative estimate of drug-likeness (QED) is 0.739. The molecule has 1 aromatic carbocycles. The number of hydrogen-bond donors (Lipinski definition) is 2. The second kappa shape index (κ2) is 10.6. The second-order valence-corrected chi connectivity index (χ2v) is 7.88. The number of thiophene rings is 1. The van der Waals surface area contributed by atoms with Crippen LogP contribution in [-0.2, 0) is 6.42 Å². The number of benzene rings is 1. The summed E-state index contributed by atoms with van der Waals surface area (Å²) in [6.45, 7) is 4.62. The Kier molecular flexibility index (Phi) is 8.48. The fourth-order valence-electron chi connectivity index (χ4n) is 3.44. The lowest BCUT2D eigenvalue weighted by atomic mass is 9.96. The summed E-state index contributed by atoms with van der Waals surface area (Å²) >= 11 is 1.39. The van der Waals surface area contributed by atoms with Gasteiger partial charge in [-0.2, -0.15) is 0 Å². The van der Waals surface area contributed by atoms with E-state index in [0.717, 1.165) is 38.9 Å². The van der Waals surface area contributed by atoms with Crippen LogP contribution in [0, 0.1) is 5.92 Å². The number of carbonyl (C=O) groups excluding carboxylic acids is 2. The lowest BCUT2D eigenvalue weighted by Gasteiger charge is -2.32. The van der Waals surface area contributed by atoms with E-state index >= 15 is 0 Å². The number of nitrogens with one attached hydrogen (secondary N) is 2. The molecular weight excluding hydrogens is 394 g/mol. The molecule has 3 rings (SSSR count). The van der Waals surface area contributed by atoms with E-state index in [9.17, 15) is 9.59 Å². The highest BCUT2D eigenvalue weighted by Crippen LogP contribution is 2.27. The summed E-state index contributed by atoms with van der Waals surface area (Å²) < 4.78 is 0. The molecule has 1 aliphatic heterocycles. The van der Waals surface area contributed by atoms with Crippen LogP contribution in [0.2, 0.25) is 0 Å². The molecule has 152 valence electrons. The maximum absolute atomic E-state index is 12.9. The van der Waals surface area contributed by atoms with Crippen LogP contribution in [0.4, 0.5) is 5.00 Å². The van der Waals surface area contributed by atoms with E-state index in [4.69, 9.17) is 0 Å². The van der Waals surface area contributed by atoms with Crippen LogP contribution in [0.1, 0.15) is 46.0 Å². The summed E-state index contributed by atoms with van der Waals surface area (Å²) in [7, 11) is 1.97. The molecule has 2 amide bonds. The smallest absolute Gasteiger partial charge is 0.256 e. The van der Waals surface area contributed by atoms with E-state index in [0.29, 0.717) is 22.0 Å². The van der Waals surface area contributed by atoms with Crippen LogP contribution in [0.3, 0.4) is 0 Å². The third-order valence-corrected chi connectivity index (χ3v) is 5.97. The Balaban J connectivity index is 0.00000280. The molecule has 2 heterocycles. The molecule has 0 bridgehead atoms. The van der Waals surface area contributed by atoms with Gasteiger partial charge in [0.15, 0.2) is 0 Å². The Bertz CT molecular complexity index is 783. The molecule has 28 heavy (non-hydrogen) atoms. The average molecular weight is 422 g/mol. The van der Waals surface area contributed by atoms with Gasteiger partial charge in [0.05, 0.1) is 5.56 Å². The highest BCUT2D eigenvalue weighted by Gasteiger charge is 2.25. The first-order valence-electron chi connectivity index (χ1n) is 9.54. The minimum atomic E-state index is -0.179. The van der Waals surface area contributed by atoms with Crippen LogP contribution in [0.5, 0.6) is 0 Å². The molecule has 0 aliphatic carbocycles. The Morgan fingerprint density at radius 2 is 1.82 bits per heavy atom. The van der Waals surface area contributed by atoms with Gasteiger partial charge in [0, 0.05) is 18.7 Å². The summed E-state index contributed by atoms with van der Waals surface area (Å²) in [5, 5.41) is 8.61. The maximum Gasteiger partial charge on any atom is 0.256 e. The number of halogens is 1. The topological polar surface area (TPSA) is 61.4 Å². The lowest BCUT2D eigenvalue weighted by Crippen LogP contribution is -2.40. The normalized spacial score (nSPS) is 14.4. The standard InChI is InChI=1S/C21H27N3O2S.ClH/c1-3-15-4-6-17(7-5-15)19(25)23-20-18(10-13-27-20)21(26)24-11-8-16(9-12-24)14-22-2;/h4-7,10,13,16,22H,3,8-9,11-12,14H2,1-2H3,(H,23,25);1H. The molecule has 5 nitrogen and oxygen atoms in total. The Labute approximate surface area is 176 Å². The molecular formula is C21H28ClN3O2S. The summed E-state index contributed by atoms with van der Waals surface area (Å²) in [4.78, 5) is 27.4. The minimum Gasteiger partial charge on any atom is -0.339 e. The van der Waals surface area contributed by atoms with Crippen LogP contribution in [0.15, 0.2) is 35.7 Å². The first-order chi connectivity index (χ1) is 13.1. The van der Waals surface area contributed by atoms with E-state index < -0.39 is 0 Å². The number of anilines is 1. The van der Waals surface area contributed by atoms with E-state index in [1.54, 1.807) is 0 Å². The number of piperidine rings is 1. The summed E-state index contributed by atoms with van der Waals surface area (Å²) in [6.07, 6.45) is 2.97. The number of hydrogen-bond acceptors (Lipinski definition) is 4. The van der Waals surface area contributed by atoms with Gasteiger partial charge in [-0.05, 0) is 67.9 Å². The predicted octanol–water partition coefficient (Wildman–Crippen LogP) is 4.06. The molecule has 0 atom stereocenters. The van der Waals surface area contributed by atoms with E-state index in [1.807, 2.05) is 47.7 Å². The largest absolute Gasteiger partial charge is 0.339 e. The van der Waals surface area contributed by atoms with Crippen molar-refractivity contribution in [2.24, 2.45) is 5.92 Å². The van der Waals surface area contributed by atoms with Crippen LogP contribution in [-0.4, -0.2) is 43.4 Å². The van der Waals surface area contributed by atoms with Crippen molar-refractivity contribution < 1.29 is 9.59 Å². The molecule has 7 heteroatoms. The Hall–Kier alpha value is -1.89. The SMILES string of the molecule is CCc1ccc(C(=O)Nc2sccc2C(=O)N2CCC(CNC)CC2)cc1.Cl. The molecule has 1 aliphatic rings. The van der Waals surface area contributed by atoms with E-state index in [2.05, 4.69) is 17.6 Å². The molecule has 0 unspecified atom stereocenters. The monoisotopic (exact) mass is 421 g/mol. The number of likely N-dealkylation sites (tertiary alicyclic amines) is 1. The van der Waals surface area contributed by atoms with Gasteiger partial charge < -0.3 is 15.5 Å². The Morgan fingerprint density at radius 3 is 2.43 bits per heavy atom. The van der Waals surface area contributed by atoms with Crippen LogP contribution in [0.25, 0.3) is 0 Å². The van der Waals surface area contributed by atoms with Gasteiger partial charge in [-0.3, -0.25) is 9.59 Å². The zero-order valence-electron chi connectivity index (χ0n) is 16.4. The van der Waals surface area contributed by atoms with Crippen molar-refractivity contribution in [1.82, 2.24) is 10.2 Å². The van der Waals surface area contributed by atoms with Crippen molar-refractivity contribution in [3.05, 3.63) is 52.4 Å². The highest BCUT2D eigenvalue weighted by molar-refractivity contribution is 7.14. The van der Waals surface area contributed by atoms with Gasteiger partial charge in [-0.15, -0.1) is 23.7 Å². The fraction of sp³-hybridized carbons (Fsp3) is 0.429. The van der Waals surface area contributed by atoms with Gasteiger partial charge in [-0.25, -0.2) is 0 Å². The fourth-order valence-corrected chi connectivity index (χ4v) is 4.21. The number of rotatable bonds is 6. The molecule has 1 aromatic heterocycles. The summed E-state index contributed by atoms with van der Waals surface area (Å²) in [6, 6.07) is 9.39. The van der Waals surface area contributed by atoms with Crippen molar-refractivity contribution in [2.45, 2.75) is 26.2 Å². The molecule has 0 radical (unpaired) electrons. The molecule has 1 saturated heterocycles. The third kappa shape index (κ3) is 5.34. The maximum atomic E-state index is 12.9. The van der Waals surface area contributed by atoms with Crippen molar-refractivity contribution in [2.75, 3.05) is 32.0 Å². The summed E-state index contributed by atoms with van der Waals surface area (Å²) in [5.74, 6) is 0.462. The molecule has 0 saturated carbocycles. The van der Waals surface area contributed by atoms with Crippen molar-refractivity contribution >= 4 is 40.6 Å². The molecule has 1 fully saturated rings. The number of amides is 2. The van der Waals surface area contributed by atoms with Gasteiger partial charge in [-0.1, -0.05) is 19.1 Å². The number of nitrogens with zero attached hydrogens (tertiary/aromatic N) is 1. The number of aryl methyl sites for hydroxylation is 1. The van der Waals surface area contributed by atoms with Gasteiger partial charge >= 0.3 is 0 Å². The van der Waals surface area contributed by atoms with Crippen molar-refractivity contribution in [1.29, 1.82) is 0 Å².